The Bertz CT molecular complexity index is 348. The second-order valence-electron chi connectivity index (χ2n) is 6.09. The SMILES string of the molecule is CC(C)(C)c1ccc(CCN2CCCC2)nc1.[V]. The fraction of sp³-hybridized carbons (Fsp3) is 0.667. The van der Waals surface area contributed by atoms with Crippen LogP contribution in [0.3, 0.4) is 0 Å². The van der Waals surface area contributed by atoms with E-state index in [4.69, 9.17) is 0 Å². The van der Waals surface area contributed by atoms with Crippen LogP contribution in [0.25, 0.3) is 0 Å². The van der Waals surface area contributed by atoms with Crippen LogP contribution in [0.1, 0.15) is 44.9 Å². The monoisotopic (exact) mass is 283 g/mol. The Morgan fingerprint density at radius 3 is 2.33 bits per heavy atom. The van der Waals surface area contributed by atoms with Gasteiger partial charge in [0.1, 0.15) is 0 Å². The molecule has 2 nitrogen and oxygen atoms in total. The minimum atomic E-state index is 0. The molecule has 1 aliphatic heterocycles. The van der Waals surface area contributed by atoms with Crippen LogP contribution in [0.4, 0.5) is 0 Å². The molecule has 1 fully saturated rings. The first-order valence-electron chi connectivity index (χ1n) is 6.73. The van der Waals surface area contributed by atoms with E-state index in [0.717, 1.165) is 6.42 Å². The van der Waals surface area contributed by atoms with Gasteiger partial charge in [-0.1, -0.05) is 26.8 Å². The Balaban J connectivity index is 0.00000162. The van der Waals surface area contributed by atoms with Gasteiger partial charge in [-0.05, 0) is 43.0 Å². The van der Waals surface area contributed by atoms with Crippen molar-refractivity contribution in [2.24, 2.45) is 0 Å². The number of hydrogen-bond acceptors (Lipinski definition) is 2. The molecule has 0 aliphatic carbocycles. The zero-order valence-electron chi connectivity index (χ0n) is 11.8. The molecule has 0 atom stereocenters. The number of rotatable bonds is 3. The zero-order chi connectivity index (χ0) is 12.3. The molecule has 0 amide bonds. The number of nitrogens with zero attached hydrogens (tertiary/aromatic N) is 2. The molecule has 1 aromatic heterocycles. The van der Waals surface area contributed by atoms with Gasteiger partial charge in [-0.25, -0.2) is 0 Å². The van der Waals surface area contributed by atoms with Gasteiger partial charge in [-0.2, -0.15) is 0 Å². The average molecular weight is 283 g/mol. The number of aromatic nitrogens is 1. The molecule has 0 unspecified atom stereocenters. The van der Waals surface area contributed by atoms with Gasteiger partial charge in [0.05, 0.1) is 0 Å². The molecule has 2 heterocycles. The molecule has 1 aliphatic rings. The minimum absolute atomic E-state index is 0. The van der Waals surface area contributed by atoms with E-state index in [1.807, 2.05) is 6.20 Å². The van der Waals surface area contributed by atoms with Crippen LogP contribution < -0.4 is 0 Å². The van der Waals surface area contributed by atoms with Crippen LogP contribution in [-0.4, -0.2) is 29.5 Å². The Kier molecular flexibility index (Phi) is 5.90. The van der Waals surface area contributed by atoms with Crippen molar-refractivity contribution in [2.75, 3.05) is 19.6 Å². The molecule has 0 spiro atoms. The summed E-state index contributed by atoms with van der Waals surface area (Å²) in [5, 5.41) is 0. The summed E-state index contributed by atoms with van der Waals surface area (Å²) >= 11 is 0. The van der Waals surface area contributed by atoms with Crippen molar-refractivity contribution in [2.45, 2.75) is 45.4 Å². The van der Waals surface area contributed by atoms with Crippen LogP contribution in [0.15, 0.2) is 18.3 Å². The smallest absolute Gasteiger partial charge is 0.0416 e. The van der Waals surface area contributed by atoms with E-state index in [1.54, 1.807) is 0 Å². The third-order valence-corrected chi connectivity index (χ3v) is 3.57. The second kappa shape index (κ2) is 6.74. The molecule has 1 aromatic rings. The van der Waals surface area contributed by atoms with Crippen LogP contribution in [0.5, 0.6) is 0 Å². The third kappa shape index (κ3) is 4.42. The number of pyridine rings is 1. The van der Waals surface area contributed by atoms with Crippen LogP contribution >= 0.6 is 0 Å². The fourth-order valence-electron chi connectivity index (χ4n) is 2.29. The second-order valence-corrected chi connectivity index (χ2v) is 6.09. The molecule has 0 bridgehead atoms. The molecule has 3 heteroatoms. The van der Waals surface area contributed by atoms with Crippen molar-refractivity contribution in [3.63, 3.8) is 0 Å². The molecule has 1 radical (unpaired) electrons. The summed E-state index contributed by atoms with van der Waals surface area (Å²) < 4.78 is 0. The van der Waals surface area contributed by atoms with E-state index < -0.39 is 0 Å². The Hall–Kier alpha value is -0.306. The van der Waals surface area contributed by atoms with Gasteiger partial charge in [-0.15, -0.1) is 0 Å². The van der Waals surface area contributed by atoms with E-state index in [-0.39, 0.29) is 24.0 Å². The number of hydrogen-bond donors (Lipinski definition) is 0. The van der Waals surface area contributed by atoms with Crippen molar-refractivity contribution in [1.29, 1.82) is 0 Å². The van der Waals surface area contributed by atoms with Gasteiger partial charge in [0.2, 0.25) is 0 Å². The predicted molar refractivity (Wildman–Crippen MR) is 72.3 cm³/mol. The third-order valence-electron chi connectivity index (χ3n) is 3.57. The van der Waals surface area contributed by atoms with Crippen LogP contribution in [0.2, 0.25) is 0 Å². The Labute approximate surface area is 123 Å². The number of likely N-dealkylation sites (tertiary alicyclic amines) is 1. The van der Waals surface area contributed by atoms with Crippen molar-refractivity contribution < 1.29 is 18.6 Å². The summed E-state index contributed by atoms with van der Waals surface area (Å²) in [7, 11) is 0. The van der Waals surface area contributed by atoms with E-state index >= 15 is 0 Å². The summed E-state index contributed by atoms with van der Waals surface area (Å²) in [6.45, 7) is 10.4. The molecule has 0 saturated carbocycles. The molecule has 0 N–H and O–H groups in total. The minimum Gasteiger partial charge on any atom is -0.303 e. The summed E-state index contributed by atoms with van der Waals surface area (Å²) in [5.41, 5.74) is 2.76. The molecule has 18 heavy (non-hydrogen) atoms. The van der Waals surface area contributed by atoms with E-state index in [9.17, 15) is 0 Å². The first-order chi connectivity index (χ1) is 8.05. The summed E-state index contributed by atoms with van der Waals surface area (Å²) in [6, 6.07) is 4.42. The van der Waals surface area contributed by atoms with Gasteiger partial charge in [0.15, 0.2) is 0 Å². The quantitative estimate of drug-likeness (QED) is 0.847. The van der Waals surface area contributed by atoms with Crippen molar-refractivity contribution >= 4 is 0 Å². The molecule has 0 aromatic carbocycles. The molecular weight excluding hydrogens is 259 g/mol. The maximum absolute atomic E-state index is 4.58. The van der Waals surface area contributed by atoms with Gasteiger partial charge in [0, 0.05) is 43.4 Å². The Morgan fingerprint density at radius 2 is 1.83 bits per heavy atom. The van der Waals surface area contributed by atoms with E-state index in [2.05, 4.69) is 42.8 Å². The standard InChI is InChI=1S/C15H24N2.V/c1-15(2,3)13-6-7-14(16-12-13)8-11-17-9-4-5-10-17;/h6-7,12H,4-5,8-11H2,1-3H3;. The van der Waals surface area contributed by atoms with Gasteiger partial charge in [-0.3, -0.25) is 4.98 Å². The molecule has 1 saturated heterocycles. The van der Waals surface area contributed by atoms with Crippen LogP contribution in [0, 0.1) is 0 Å². The van der Waals surface area contributed by atoms with Crippen molar-refractivity contribution in [3.8, 4) is 0 Å². The topological polar surface area (TPSA) is 16.1 Å². The van der Waals surface area contributed by atoms with Crippen molar-refractivity contribution in [1.82, 2.24) is 9.88 Å². The molecular formula is C15H24N2V. The van der Waals surface area contributed by atoms with Gasteiger partial charge < -0.3 is 4.90 Å². The van der Waals surface area contributed by atoms with E-state index in [1.165, 1.54) is 43.7 Å². The Morgan fingerprint density at radius 1 is 1.17 bits per heavy atom. The summed E-state index contributed by atoms with van der Waals surface area (Å²) in [4.78, 5) is 7.12. The maximum Gasteiger partial charge on any atom is 0.0416 e. The normalized spacial score (nSPS) is 16.6. The summed E-state index contributed by atoms with van der Waals surface area (Å²) in [6.07, 6.45) is 5.87. The van der Waals surface area contributed by atoms with Crippen LogP contribution in [-0.2, 0) is 30.4 Å². The molecule has 2 rings (SSSR count). The fourth-order valence-corrected chi connectivity index (χ4v) is 2.29. The van der Waals surface area contributed by atoms with Gasteiger partial charge in [0.25, 0.3) is 0 Å². The summed E-state index contributed by atoms with van der Waals surface area (Å²) in [5.74, 6) is 0. The average Bonchev–Trinajstić information content (AvgIpc) is 2.78. The van der Waals surface area contributed by atoms with Gasteiger partial charge >= 0.3 is 0 Å². The van der Waals surface area contributed by atoms with E-state index in [0.29, 0.717) is 0 Å². The largest absolute Gasteiger partial charge is 0.303 e. The zero-order valence-corrected chi connectivity index (χ0v) is 13.2. The first-order valence-corrected chi connectivity index (χ1v) is 6.73. The first kappa shape index (κ1) is 15.8. The predicted octanol–water partition coefficient (Wildman–Crippen LogP) is 3.01. The van der Waals surface area contributed by atoms with Crippen molar-refractivity contribution in [3.05, 3.63) is 29.6 Å². The maximum atomic E-state index is 4.58. The molecule has 99 valence electrons.